The predicted molar refractivity (Wildman–Crippen MR) is 75.3 cm³/mol. The van der Waals surface area contributed by atoms with Crippen molar-refractivity contribution in [2.75, 3.05) is 5.32 Å². The largest absolute Gasteiger partial charge is 0.302 e. The highest BCUT2D eigenvalue weighted by Crippen LogP contribution is 2.17. The Morgan fingerprint density at radius 3 is 3.00 bits per heavy atom. The van der Waals surface area contributed by atoms with Crippen LogP contribution in [0.2, 0.25) is 5.02 Å². The molecule has 0 saturated heterocycles. The first-order chi connectivity index (χ1) is 8.63. The van der Waals surface area contributed by atoms with Gasteiger partial charge >= 0.3 is 0 Å². The summed E-state index contributed by atoms with van der Waals surface area (Å²) in [5, 5.41) is 4.14. The number of rotatable bonds is 4. The molecule has 3 nitrogen and oxygen atoms in total. The number of hydrogen-bond donors (Lipinski definition) is 1. The van der Waals surface area contributed by atoms with E-state index in [1.54, 1.807) is 6.20 Å². The van der Waals surface area contributed by atoms with Crippen LogP contribution in [0.4, 0.5) is 5.13 Å². The molecule has 1 amide bonds. The molecule has 0 fully saturated rings. The highest BCUT2D eigenvalue weighted by Gasteiger charge is 2.05. The van der Waals surface area contributed by atoms with E-state index in [0.717, 1.165) is 10.4 Å². The zero-order chi connectivity index (χ0) is 13.0. The van der Waals surface area contributed by atoms with Gasteiger partial charge in [-0.25, -0.2) is 4.98 Å². The Balaban J connectivity index is 1.85. The number of carbonyl (C=O) groups excluding carboxylic acids is 1. The number of aromatic nitrogens is 1. The Morgan fingerprint density at radius 1 is 1.50 bits per heavy atom. The molecule has 0 aliphatic heterocycles. The number of hydrogen-bond acceptors (Lipinski definition) is 3. The SMILES string of the molecule is Cc1cnc(NC(=O)CCc2cccc(Cl)c2)s1. The van der Waals surface area contributed by atoms with Crippen LogP contribution in [-0.4, -0.2) is 10.9 Å². The molecule has 2 rings (SSSR count). The fourth-order valence-electron chi connectivity index (χ4n) is 1.54. The molecule has 0 saturated carbocycles. The Hall–Kier alpha value is -1.39. The van der Waals surface area contributed by atoms with Crippen molar-refractivity contribution in [3.63, 3.8) is 0 Å². The smallest absolute Gasteiger partial charge is 0.226 e. The lowest BCUT2D eigenvalue weighted by Crippen LogP contribution is -2.11. The minimum absolute atomic E-state index is 0.0238. The molecule has 0 aliphatic rings. The van der Waals surface area contributed by atoms with E-state index in [2.05, 4.69) is 10.3 Å². The minimum Gasteiger partial charge on any atom is -0.302 e. The standard InChI is InChI=1S/C13H13ClN2OS/c1-9-8-15-13(18-9)16-12(17)6-5-10-3-2-4-11(14)7-10/h2-4,7-8H,5-6H2,1H3,(H,15,16,17). The molecule has 94 valence electrons. The molecule has 1 aromatic carbocycles. The van der Waals surface area contributed by atoms with Crippen LogP contribution >= 0.6 is 22.9 Å². The molecule has 0 radical (unpaired) electrons. The summed E-state index contributed by atoms with van der Waals surface area (Å²) in [6.07, 6.45) is 2.85. The number of benzene rings is 1. The first-order valence-corrected chi connectivity index (χ1v) is 6.79. The van der Waals surface area contributed by atoms with E-state index in [4.69, 9.17) is 11.6 Å². The van der Waals surface area contributed by atoms with Gasteiger partial charge in [-0.2, -0.15) is 0 Å². The van der Waals surface area contributed by atoms with Gasteiger partial charge in [0.05, 0.1) is 0 Å². The summed E-state index contributed by atoms with van der Waals surface area (Å²) in [6.45, 7) is 1.96. The second kappa shape index (κ2) is 5.98. The third kappa shape index (κ3) is 3.82. The van der Waals surface area contributed by atoms with E-state index in [0.29, 0.717) is 23.0 Å². The van der Waals surface area contributed by atoms with Crippen molar-refractivity contribution in [2.45, 2.75) is 19.8 Å². The molecule has 5 heteroatoms. The molecule has 0 bridgehead atoms. The number of halogens is 1. The molecule has 0 atom stereocenters. The summed E-state index contributed by atoms with van der Waals surface area (Å²) in [6, 6.07) is 7.55. The van der Waals surface area contributed by atoms with Crippen molar-refractivity contribution in [1.29, 1.82) is 0 Å². The van der Waals surface area contributed by atoms with E-state index in [9.17, 15) is 4.79 Å². The lowest BCUT2D eigenvalue weighted by molar-refractivity contribution is -0.116. The van der Waals surface area contributed by atoms with Crippen molar-refractivity contribution >= 4 is 34.0 Å². The highest BCUT2D eigenvalue weighted by atomic mass is 35.5. The predicted octanol–water partition coefficient (Wildman–Crippen LogP) is 3.68. The molecular weight excluding hydrogens is 268 g/mol. The van der Waals surface area contributed by atoms with Crippen LogP contribution in [-0.2, 0) is 11.2 Å². The van der Waals surface area contributed by atoms with Crippen LogP contribution in [0.5, 0.6) is 0 Å². The van der Waals surface area contributed by atoms with E-state index in [1.165, 1.54) is 11.3 Å². The van der Waals surface area contributed by atoms with Crippen molar-refractivity contribution in [2.24, 2.45) is 0 Å². The van der Waals surface area contributed by atoms with Crippen molar-refractivity contribution in [3.8, 4) is 0 Å². The van der Waals surface area contributed by atoms with Crippen LogP contribution in [0.1, 0.15) is 16.9 Å². The third-order valence-corrected chi connectivity index (χ3v) is 3.46. The fraction of sp³-hybridized carbons (Fsp3) is 0.231. The molecule has 0 spiro atoms. The van der Waals surface area contributed by atoms with Gasteiger partial charge in [0, 0.05) is 22.5 Å². The fourth-order valence-corrected chi connectivity index (χ4v) is 2.44. The van der Waals surface area contributed by atoms with E-state index < -0.39 is 0 Å². The summed E-state index contributed by atoms with van der Waals surface area (Å²) in [5.74, 6) is -0.0238. The maximum Gasteiger partial charge on any atom is 0.226 e. The van der Waals surface area contributed by atoms with Gasteiger partial charge in [0.2, 0.25) is 5.91 Å². The molecule has 0 unspecified atom stereocenters. The maximum absolute atomic E-state index is 11.7. The first-order valence-electron chi connectivity index (χ1n) is 5.60. The van der Waals surface area contributed by atoms with Crippen molar-refractivity contribution in [1.82, 2.24) is 4.98 Å². The van der Waals surface area contributed by atoms with Crippen LogP contribution in [0.25, 0.3) is 0 Å². The van der Waals surface area contributed by atoms with Gasteiger partial charge in [0.15, 0.2) is 5.13 Å². The highest BCUT2D eigenvalue weighted by molar-refractivity contribution is 7.15. The second-order valence-electron chi connectivity index (χ2n) is 3.95. The molecule has 1 aromatic heterocycles. The van der Waals surface area contributed by atoms with Crippen LogP contribution in [0.15, 0.2) is 30.5 Å². The molecule has 1 N–H and O–H groups in total. The van der Waals surface area contributed by atoms with Crippen molar-refractivity contribution < 1.29 is 4.79 Å². The average molecular weight is 281 g/mol. The van der Waals surface area contributed by atoms with Crippen LogP contribution in [0.3, 0.4) is 0 Å². The topological polar surface area (TPSA) is 42.0 Å². The van der Waals surface area contributed by atoms with Crippen LogP contribution < -0.4 is 5.32 Å². The van der Waals surface area contributed by atoms with Gasteiger partial charge in [-0.3, -0.25) is 4.79 Å². The molecule has 1 heterocycles. The summed E-state index contributed by atoms with van der Waals surface area (Å²) in [7, 11) is 0. The van der Waals surface area contributed by atoms with Gasteiger partial charge in [-0.1, -0.05) is 23.7 Å². The number of thiazole rings is 1. The quantitative estimate of drug-likeness (QED) is 0.928. The van der Waals surface area contributed by atoms with Crippen LogP contribution in [0, 0.1) is 6.92 Å². The third-order valence-electron chi connectivity index (χ3n) is 2.40. The molecular formula is C13H13ClN2OS. The molecule has 0 aliphatic carbocycles. The van der Waals surface area contributed by atoms with Gasteiger partial charge in [0.25, 0.3) is 0 Å². The van der Waals surface area contributed by atoms with Gasteiger partial charge in [-0.05, 0) is 31.0 Å². The Labute approximate surface area is 115 Å². The Morgan fingerprint density at radius 2 is 2.33 bits per heavy atom. The monoisotopic (exact) mass is 280 g/mol. The Kier molecular flexibility index (Phi) is 4.33. The first kappa shape index (κ1) is 13.1. The van der Waals surface area contributed by atoms with Crippen molar-refractivity contribution in [3.05, 3.63) is 45.9 Å². The van der Waals surface area contributed by atoms with Gasteiger partial charge in [-0.15, -0.1) is 11.3 Å². The number of carbonyl (C=O) groups is 1. The molecule has 18 heavy (non-hydrogen) atoms. The maximum atomic E-state index is 11.7. The Bertz CT molecular complexity index is 553. The van der Waals surface area contributed by atoms with E-state index in [-0.39, 0.29) is 5.91 Å². The van der Waals surface area contributed by atoms with E-state index in [1.807, 2.05) is 31.2 Å². The zero-order valence-corrected chi connectivity index (χ0v) is 11.5. The zero-order valence-electron chi connectivity index (χ0n) is 9.94. The summed E-state index contributed by atoms with van der Waals surface area (Å²) in [5.41, 5.74) is 1.06. The second-order valence-corrected chi connectivity index (χ2v) is 5.63. The molecule has 2 aromatic rings. The summed E-state index contributed by atoms with van der Waals surface area (Å²) >= 11 is 7.36. The number of anilines is 1. The number of nitrogens with one attached hydrogen (secondary N) is 1. The summed E-state index contributed by atoms with van der Waals surface area (Å²) in [4.78, 5) is 16.9. The lowest BCUT2D eigenvalue weighted by atomic mass is 10.1. The van der Waals surface area contributed by atoms with Gasteiger partial charge in [0.1, 0.15) is 0 Å². The summed E-state index contributed by atoms with van der Waals surface area (Å²) < 4.78 is 0. The number of amides is 1. The number of nitrogens with zero attached hydrogens (tertiary/aromatic N) is 1. The van der Waals surface area contributed by atoms with E-state index >= 15 is 0 Å². The normalized spacial score (nSPS) is 10.3. The minimum atomic E-state index is -0.0238. The lowest BCUT2D eigenvalue weighted by Gasteiger charge is -2.02. The van der Waals surface area contributed by atoms with Gasteiger partial charge < -0.3 is 5.32 Å². The number of aryl methyl sites for hydroxylation is 2. The average Bonchev–Trinajstić information content (AvgIpc) is 2.72.